The third-order valence-electron chi connectivity index (χ3n) is 2.62. The molecule has 0 aliphatic rings. The second kappa shape index (κ2) is 6.02. The first-order chi connectivity index (χ1) is 9.56. The summed E-state index contributed by atoms with van der Waals surface area (Å²) in [5.41, 5.74) is 6.60. The van der Waals surface area contributed by atoms with Crippen LogP contribution in [0.1, 0.15) is 9.67 Å². The Hall–Kier alpha value is -1.92. The minimum atomic E-state index is -0.308. The van der Waals surface area contributed by atoms with Crippen LogP contribution < -0.4 is 20.5 Å². The van der Waals surface area contributed by atoms with Crippen molar-refractivity contribution in [3.8, 4) is 11.5 Å². The van der Waals surface area contributed by atoms with Crippen LogP contribution in [0.4, 0.5) is 11.4 Å². The van der Waals surface area contributed by atoms with E-state index in [-0.39, 0.29) is 5.91 Å². The lowest BCUT2D eigenvalue weighted by atomic mass is 10.2. The fraction of sp³-hybridized carbons (Fsp3) is 0.154. The van der Waals surface area contributed by atoms with Gasteiger partial charge in [0.25, 0.3) is 5.91 Å². The fourth-order valence-electron chi connectivity index (χ4n) is 1.64. The molecule has 1 aromatic carbocycles. The first-order valence-electron chi connectivity index (χ1n) is 5.62. The molecule has 1 heterocycles. The Bertz CT molecular complexity index is 643. The molecule has 106 valence electrons. The largest absolute Gasteiger partial charge is 0.495 e. The van der Waals surface area contributed by atoms with Crippen LogP contribution >= 0.6 is 22.9 Å². The highest BCUT2D eigenvalue weighted by Gasteiger charge is 2.16. The van der Waals surface area contributed by atoms with Gasteiger partial charge in [-0.05, 0) is 17.5 Å². The number of carbonyl (C=O) groups excluding carboxylic acids is 1. The zero-order chi connectivity index (χ0) is 14.7. The van der Waals surface area contributed by atoms with E-state index >= 15 is 0 Å². The van der Waals surface area contributed by atoms with Crippen LogP contribution in [0.5, 0.6) is 11.5 Å². The van der Waals surface area contributed by atoms with Gasteiger partial charge in [0.15, 0.2) is 0 Å². The van der Waals surface area contributed by atoms with Gasteiger partial charge in [0.1, 0.15) is 16.4 Å². The van der Waals surface area contributed by atoms with Crippen LogP contribution in [0.2, 0.25) is 5.02 Å². The number of nitrogens with two attached hydrogens (primary N) is 1. The second-order valence-corrected chi connectivity index (χ2v) is 5.17. The molecule has 0 saturated carbocycles. The number of methoxy groups -OCH3 is 2. The maximum absolute atomic E-state index is 12.1. The summed E-state index contributed by atoms with van der Waals surface area (Å²) in [6.45, 7) is 0. The van der Waals surface area contributed by atoms with Gasteiger partial charge < -0.3 is 20.5 Å². The minimum Gasteiger partial charge on any atom is -0.495 e. The van der Waals surface area contributed by atoms with Gasteiger partial charge in [-0.1, -0.05) is 11.6 Å². The van der Waals surface area contributed by atoms with Gasteiger partial charge in [0.05, 0.1) is 30.6 Å². The molecular weight excluding hydrogens is 300 g/mol. The minimum absolute atomic E-state index is 0.308. The van der Waals surface area contributed by atoms with Gasteiger partial charge >= 0.3 is 0 Å². The topological polar surface area (TPSA) is 73.6 Å². The lowest BCUT2D eigenvalue weighted by Gasteiger charge is -2.12. The van der Waals surface area contributed by atoms with E-state index in [2.05, 4.69) is 5.32 Å². The Morgan fingerprint density at radius 1 is 1.30 bits per heavy atom. The summed E-state index contributed by atoms with van der Waals surface area (Å²) in [5, 5.41) is 4.85. The lowest BCUT2D eigenvalue weighted by Crippen LogP contribution is -2.12. The fourth-order valence-corrected chi connectivity index (χ4v) is 2.59. The molecule has 0 unspecified atom stereocenters. The van der Waals surface area contributed by atoms with Gasteiger partial charge in [-0.15, -0.1) is 11.3 Å². The van der Waals surface area contributed by atoms with Crippen molar-refractivity contribution in [2.75, 3.05) is 25.3 Å². The number of hydrogen-bond donors (Lipinski definition) is 2. The summed E-state index contributed by atoms with van der Waals surface area (Å²) in [4.78, 5) is 12.6. The average molecular weight is 313 g/mol. The first kappa shape index (κ1) is 14.5. The van der Waals surface area contributed by atoms with E-state index in [0.717, 1.165) is 0 Å². The van der Waals surface area contributed by atoms with E-state index in [0.29, 0.717) is 32.8 Å². The van der Waals surface area contributed by atoms with Crippen LogP contribution in [-0.4, -0.2) is 20.1 Å². The van der Waals surface area contributed by atoms with Crippen LogP contribution in [0.25, 0.3) is 0 Å². The van der Waals surface area contributed by atoms with Crippen molar-refractivity contribution in [2.24, 2.45) is 0 Å². The van der Waals surface area contributed by atoms with E-state index < -0.39 is 0 Å². The standard InChI is InChI=1S/C13H13ClN2O3S/c1-18-10-6-11(19-2)9(5-7(10)14)16-13(17)12-8(15)3-4-20-12/h3-6H,15H2,1-2H3,(H,16,17). The maximum atomic E-state index is 12.1. The van der Waals surface area contributed by atoms with E-state index in [1.54, 1.807) is 23.6 Å². The monoisotopic (exact) mass is 312 g/mol. The predicted molar refractivity (Wildman–Crippen MR) is 81.2 cm³/mol. The van der Waals surface area contributed by atoms with Crippen molar-refractivity contribution < 1.29 is 14.3 Å². The Kier molecular flexibility index (Phi) is 4.36. The van der Waals surface area contributed by atoms with Crippen molar-refractivity contribution in [3.63, 3.8) is 0 Å². The number of carbonyl (C=O) groups is 1. The molecule has 7 heteroatoms. The highest BCUT2D eigenvalue weighted by molar-refractivity contribution is 7.12. The van der Waals surface area contributed by atoms with Crippen molar-refractivity contribution in [2.45, 2.75) is 0 Å². The number of anilines is 2. The maximum Gasteiger partial charge on any atom is 0.267 e. The normalized spacial score (nSPS) is 10.2. The van der Waals surface area contributed by atoms with E-state index in [1.165, 1.54) is 25.6 Å². The van der Waals surface area contributed by atoms with Crippen LogP contribution in [-0.2, 0) is 0 Å². The van der Waals surface area contributed by atoms with Gasteiger partial charge in [-0.25, -0.2) is 0 Å². The Morgan fingerprint density at radius 3 is 2.55 bits per heavy atom. The van der Waals surface area contributed by atoms with Gasteiger partial charge in [0, 0.05) is 6.07 Å². The molecule has 0 atom stereocenters. The lowest BCUT2D eigenvalue weighted by molar-refractivity contribution is 0.103. The second-order valence-electron chi connectivity index (χ2n) is 3.85. The number of nitrogen functional groups attached to an aromatic ring is 1. The van der Waals surface area contributed by atoms with Crippen molar-refractivity contribution in [1.29, 1.82) is 0 Å². The first-order valence-corrected chi connectivity index (χ1v) is 6.88. The summed E-state index contributed by atoms with van der Waals surface area (Å²) in [6, 6.07) is 4.86. The summed E-state index contributed by atoms with van der Waals surface area (Å²) in [7, 11) is 3.00. The summed E-state index contributed by atoms with van der Waals surface area (Å²) < 4.78 is 10.3. The Balaban J connectivity index is 2.31. The number of ether oxygens (including phenoxy) is 2. The highest BCUT2D eigenvalue weighted by Crippen LogP contribution is 2.36. The SMILES string of the molecule is COc1cc(OC)c(NC(=O)c2sccc2N)cc1Cl. The summed E-state index contributed by atoms with van der Waals surface area (Å²) in [5.74, 6) is 0.615. The molecule has 0 spiro atoms. The highest BCUT2D eigenvalue weighted by atomic mass is 35.5. The molecule has 0 bridgehead atoms. The summed E-state index contributed by atoms with van der Waals surface area (Å²) in [6.07, 6.45) is 0. The van der Waals surface area contributed by atoms with Crippen molar-refractivity contribution >= 4 is 40.2 Å². The molecular formula is C13H13ClN2O3S. The molecule has 3 N–H and O–H groups in total. The number of rotatable bonds is 4. The number of halogens is 1. The molecule has 2 aromatic rings. The number of nitrogens with one attached hydrogen (secondary N) is 1. The van der Waals surface area contributed by atoms with Crippen LogP contribution in [0.15, 0.2) is 23.6 Å². The third kappa shape index (κ3) is 2.81. The van der Waals surface area contributed by atoms with E-state index in [9.17, 15) is 4.79 Å². The molecule has 0 saturated heterocycles. The zero-order valence-electron chi connectivity index (χ0n) is 10.9. The summed E-state index contributed by atoms with van der Waals surface area (Å²) >= 11 is 7.31. The van der Waals surface area contributed by atoms with Gasteiger partial charge in [-0.3, -0.25) is 4.79 Å². The number of hydrogen-bond acceptors (Lipinski definition) is 5. The molecule has 0 aliphatic heterocycles. The van der Waals surface area contributed by atoms with Crippen LogP contribution in [0, 0.1) is 0 Å². The molecule has 0 radical (unpaired) electrons. The molecule has 1 amide bonds. The molecule has 0 fully saturated rings. The quantitative estimate of drug-likeness (QED) is 0.909. The molecule has 5 nitrogen and oxygen atoms in total. The predicted octanol–water partition coefficient (Wildman–Crippen LogP) is 3.25. The Morgan fingerprint density at radius 2 is 2.00 bits per heavy atom. The van der Waals surface area contributed by atoms with Gasteiger partial charge in [-0.2, -0.15) is 0 Å². The average Bonchev–Trinajstić information content (AvgIpc) is 2.85. The smallest absolute Gasteiger partial charge is 0.267 e. The van der Waals surface area contributed by atoms with E-state index in [1.807, 2.05) is 0 Å². The Labute approximate surface area is 125 Å². The van der Waals surface area contributed by atoms with Gasteiger partial charge in [0.2, 0.25) is 0 Å². The van der Waals surface area contributed by atoms with Crippen molar-refractivity contribution in [1.82, 2.24) is 0 Å². The number of thiophene rings is 1. The van der Waals surface area contributed by atoms with E-state index in [4.69, 9.17) is 26.8 Å². The number of amides is 1. The molecule has 2 rings (SSSR count). The third-order valence-corrected chi connectivity index (χ3v) is 3.85. The molecule has 0 aliphatic carbocycles. The zero-order valence-corrected chi connectivity index (χ0v) is 12.5. The van der Waals surface area contributed by atoms with Crippen molar-refractivity contribution in [3.05, 3.63) is 33.5 Å². The molecule has 20 heavy (non-hydrogen) atoms. The number of benzene rings is 1. The van der Waals surface area contributed by atoms with Crippen LogP contribution in [0.3, 0.4) is 0 Å². The molecule has 1 aromatic heterocycles.